The average molecular weight is 275 g/mol. The van der Waals surface area contributed by atoms with Gasteiger partial charge in [-0.3, -0.25) is 14.6 Å². The van der Waals surface area contributed by atoms with Crippen LogP contribution in [-0.4, -0.2) is 34.8 Å². The molecular formula is C15H21N3O2. The Bertz CT molecular complexity index is 455. The van der Waals surface area contributed by atoms with E-state index < -0.39 is 11.8 Å². The number of rotatable bonds is 3. The standard InChI is InChI=1S/C15H21N3O2/c1-18(13-5-3-2-4-6-13)15(20)14(19)17-11-12-7-9-16-10-8-12/h7-10,13H,2-6,11H2,1H3,(H,17,19). The third kappa shape index (κ3) is 3.79. The molecule has 1 aliphatic rings. The van der Waals surface area contributed by atoms with Crippen molar-refractivity contribution in [2.45, 2.75) is 44.7 Å². The van der Waals surface area contributed by atoms with Crippen LogP contribution in [0.2, 0.25) is 0 Å². The van der Waals surface area contributed by atoms with Gasteiger partial charge in [-0.1, -0.05) is 19.3 Å². The lowest BCUT2D eigenvalue weighted by atomic mass is 9.94. The van der Waals surface area contributed by atoms with E-state index in [1.807, 2.05) is 12.1 Å². The van der Waals surface area contributed by atoms with E-state index in [2.05, 4.69) is 10.3 Å². The second kappa shape index (κ2) is 7.03. The molecule has 0 aromatic carbocycles. The molecular weight excluding hydrogens is 254 g/mol. The van der Waals surface area contributed by atoms with Gasteiger partial charge in [0.05, 0.1) is 0 Å². The van der Waals surface area contributed by atoms with Crippen LogP contribution in [0.1, 0.15) is 37.7 Å². The first-order valence-corrected chi connectivity index (χ1v) is 7.12. The predicted molar refractivity (Wildman–Crippen MR) is 75.7 cm³/mol. The lowest BCUT2D eigenvalue weighted by molar-refractivity contribution is -0.146. The molecule has 5 nitrogen and oxygen atoms in total. The van der Waals surface area contributed by atoms with Gasteiger partial charge in [0.2, 0.25) is 0 Å². The summed E-state index contributed by atoms with van der Waals surface area (Å²) in [5, 5.41) is 2.66. The zero-order chi connectivity index (χ0) is 14.4. The number of hydrogen-bond acceptors (Lipinski definition) is 3. The average Bonchev–Trinajstić information content (AvgIpc) is 2.53. The van der Waals surface area contributed by atoms with Crippen LogP contribution in [0.5, 0.6) is 0 Å². The molecule has 1 aliphatic carbocycles. The van der Waals surface area contributed by atoms with Crippen molar-refractivity contribution in [2.24, 2.45) is 0 Å². The maximum absolute atomic E-state index is 12.1. The van der Waals surface area contributed by atoms with Crippen molar-refractivity contribution in [2.75, 3.05) is 7.05 Å². The van der Waals surface area contributed by atoms with Crippen molar-refractivity contribution in [3.05, 3.63) is 30.1 Å². The number of aromatic nitrogens is 1. The summed E-state index contributed by atoms with van der Waals surface area (Å²) < 4.78 is 0. The summed E-state index contributed by atoms with van der Waals surface area (Å²) in [6.07, 6.45) is 8.84. The van der Waals surface area contributed by atoms with Gasteiger partial charge in [0.25, 0.3) is 0 Å². The zero-order valence-electron chi connectivity index (χ0n) is 11.8. The Hall–Kier alpha value is -1.91. The highest BCUT2D eigenvalue weighted by molar-refractivity contribution is 6.34. The number of nitrogens with one attached hydrogen (secondary N) is 1. The van der Waals surface area contributed by atoms with Crippen molar-refractivity contribution in [3.63, 3.8) is 0 Å². The Labute approximate surface area is 119 Å². The minimum absolute atomic E-state index is 0.211. The monoisotopic (exact) mass is 275 g/mol. The number of likely N-dealkylation sites (N-methyl/N-ethyl adjacent to an activating group) is 1. The van der Waals surface area contributed by atoms with Crippen LogP contribution in [-0.2, 0) is 16.1 Å². The molecule has 1 N–H and O–H groups in total. The van der Waals surface area contributed by atoms with E-state index in [4.69, 9.17) is 0 Å². The van der Waals surface area contributed by atoms with Crippen molar-refractivity contribution in [3.8, 4) is 0 Å². The van der Waals surface area contributed by atoms with Crippen molar-refractivity contribution < 1.29 is 9.59 Å². The molecule has 1 heterocycles. The van der Waals surface area contributed by atoms with Crippen LogP contribution < -0.4 is 5.32 Å². The summed E-state index contributed by atoms with van der Waals surface area (Å²) >= 11 is 0. The third-order valence-corrected chi connectivity index (χ3v) is 3.84. The SMILES string of the molecule is CN(C(=O)C(=O)NCc1ccncc1)C1CCCCC1. The molecule has 0 saturated heterocycles. The molecule has 0 aliphatic heterocycles. The van der Waals surface area contributed by atoms with Gasteiger partial charge in [-0.25, -0.2) is 0 Å². The highest BCUT2D eigenvalue weighted by Gasteiger charge is 2.26. The third-order valence-electron chi connectivity index (χ3n) is 3.84. The van der Waals surface area contributed by atoms with E-state index in [0.29, 0.717) is 6.54 Å². The topological polar surface area (TPSA) is 62.3 Å². The minimum Gasteiger partial charge on any atom is -0.344 e. The van der Waals surface area contributed by atoms with E-state index >= 15 is 0 Å². The Balaban J connectivity index is 1.83. The molecule has 2 rings (SSSR count). The van der Waals surface area contributed by atoms with Crippen LogP contribution >= 0.6 is 0 Å². The fourth-order valence-electron chi connectivity index (χ4n) is 2.55. The van der Waals surface area contributed by atoms with Crippen LogP contribution in [0.3, 0.4) is 0 Å². The van der Waals surface area contributed by atoms with Gasteiger partial charge in [-0.2, -0.15) is 0 Å². The van der Waals surface area contributed by atoms with E-state index in [1.54, 1.807) is 24.3 Å². The second-order valence-electron chi connectivity index (χ2n) is 5.25. The highest BCUT2D eigenvalue weighted by Crippen LogP contribution is 2.21. The summed E-state index contributed by atoms with van der Waals surface area (Å²) in [7, 11) is 1.73. The molecule has 1 aromatic rings. The highest BCUT2D eigenvalue weighted by atomic mass is 16.2. The molecule has 2 amide bonds. The van der Waals surface area contributed by atoms with Crippen LogP contribution in [0.4, 0.5) is 0 Å². The number of amides is 2. The first-order valence-electron chi connectivity index (χ1n) is 7.12. The number of nitrogens with zero attached hydrogens (tertiary/aromatic N) is 2. The zero-order valence-corrected chi connectivity index (χ0v) is 11.8. The molecule has 0 spiro atoms. The number of hydrogen-bond donors (Lipinski definition) is 1. The molecule has 20 heavy (non-hydrogen) atoms. The number of carbonyl (C=O) groups is 2. The van der Waals surface area contributed by atoms with Crippen LogP contribution in [0, 0.1) is 0 Å². The fourth-order valence-corrected chi connectivity index (χ4v) is 2.55. The molecule has 0 atom stereocenters. The number of pyridine rings is 1. The van der Waals surface area contributed by atoms with E-state index in [0.717, 1.165) is 31.2 Å². The molecule has 0 radical (unpaired) electrons. The molecule has 1 aromatic heterocycles. The van der Waals surface area contributed by atoms with Crippen LogP contribution in [0.25, 0.3) is 0 Å². The van der Waals surface area contributed by atoms with Gasteiger partial charge in [-0.05, 0) is 30.5 Å². The summed E-state index contributed by atoms with van der Waals surface area (Å²) in [5.41, 5.74) is 0.932. The maximum Gasteiger partial charge on any atom is 0.311 e. The molecule has 0 unspecified atom stereocenters. The van der Waals surface area contributed by atoms with E-state index in [-0.39, 0.29) is 6.04 Å². The Morgan fingerprint density at radius 2 is 1.90 bits per heavy atom. The summed E-state index contributed by atoms with van der Waals surface area (Å²) in [5.74, 6) is -0.971. The maximum atomic E-state index is 12.1. The Morgan fingerprint density at radius 3 is 2.55 bits per heavy atom. The smallest absolute Gasteiger partial charge is 0.311 e. The Kier molecular flexibility index (Phi) is 5.09. The van der Waals surface area contributed by atoms with Crippen molar-refractivity contribution >= 4 is 11.8 Å². The molecule has 0 bridgehead atoms. The van der Waals surface area contributed by atoms with Gasteiger partial charge < -0.3 is 10.2 Å². The lowest BCUT2D eigenvalue weighted by Gasteiger charge is -2.30. The van der Waals surface area contributed by atoms with E-state index in [1.165, 1.54) is 6.42 Å². The minimum atomic E-state index is -0.533. The van der Waals surface area contributed by atoms with Crippen molar-refractivity contribution in [1.82, 2.24) is 15.2 Å². The summed E-state index contributed by atoms with van der Waals surface area (Å²) in [6.45, 7) is 0.353. The molecule has 5 heteroatoms. The molecule has 1 saturated carbocycles. The Morgan fingerprint density at radius 1 is 1.25 bits per heavy atom. The summed E-state index contributed by atoms with van der Waals surface area (Å²) in [6, 6.07) is 3.84. The van der Waals surface area contributed by atoms with Crippen molar-refractivity contribution in [1.29, 1.82) is 0 Å². The van der Waals surface area contributed by atoms with Gasteiger partial charge in [-0.15, -0.1) is 0 Å². The van der Waals surface area contributed by atoms with Gasteiger partial charge >= 0.3 is 11.8 Å². The quantitative estimate of drug-likeness (QED) is 0.850. The largest absolute Gasteiger partial charge is 0.344 e. The fraction of sp³-hybridized carbons (Fsp3) is 0.533. The predicted octanol–water partition coefficient (Wildman–Crippen LogP) is 1.49. The normalized spacial score (nSPS) is 15.7. The summed E-state index contributed by atoms with van der Waals surface area (Å²) in [4.78, 5) is 29.5. The van der Waals surface area contributed by atoms with E-state index in [9.17, 15) is 9.59 Å². The first-order chi connectivity index (χ1) is 9.68. The second-order valence-corrected chi connectivity index (χ2v) is 5.25. The van der Waals surface area contributed by atoms with Gasteiger partial charge in [0.1, 0.15) is 0 Å². The lowest BCUT2D eigenvalue weighted by Crippen LogP contribution is -2.46. The molecule has 108 valence electrons. The van der Waals surface area contributed by atoms with Gasteiger partial charge in [0.15, 0.2) is 0 Å². The number of carbonyl (C=O) groups excluding carboxylic acids is 2. The first kappa shape index (κ1) is 14.5. The molecule has 1 fully saturated rings. The van der Waals surface area contributed by atoms with Gasteiger partial charge in [0, 0.05) is 32.0 Å². The van der Waals surface area contributed by atoms with Crippen LogP contribution in [0.15, 0.2) is 24.5 Å².